The third kappa shape index (κ3) is 3.45. The highest BCUT2D eigenvalue weighted by Crippen LogP contribution is 2.51. The Kier molecular flexibility index (Phi) is 5.21. The largest absolute Gasteiger partial charge is 0.455 e. The van der Waals surface area contributed by atoms with Crippen LogP contribution in [0.4, 0.5) is 0 Å². The van der Waals surface area contributed by atoms with E-state index < -0.39 is 7.14 Å². The highest BCUT2D eigenvalue weighted by molar-refractivity contribution is 7.85. The molecule has 0 bridgehead atoms. The molecule has 0 amide bonds. The fourth-order valence-corrected chi connectivity index (χ4v) is 9.63. The summed E-state index contributed by atoms with van der Waals surface area (Å²) in [5.41, 5.74) is 8.80. The van der Waals surface area contributed by atoms with Gasteiger partial charge in [-0.05, 0) is 39.9 Å². The van der Waals surface area contributed by atoms with Crippen LogP contribution in [0.5, 0.6) is 0 Å². The normalized spacial score (nSPS) is 12.3. The number of hydrogen-bond donors (Lipinski definition) is 0. The van der Waals surface area contributed by atoms with Crippen LogP contribution in [-0.4, -0.2) is 0 Å². The van der Waals surface area contributed by atoms with E-state index in [4.69, 9.17) is 4.42 Å². The van der Waals surface area contributed by atoms with E-state index >= 15 is 4.57 Å². The second-order valence-corrected chi connectivity index (χ2v) is 14.0. The van der Waals surface area contributed by atoms with Gasteiger partial charge in [-0.15, -0.1) is 0 Å². The SMILES string of the molecule is O=P(c1ccccc1)(c1ccccc1)c1cccc(-c2cccc3c2oc2c4cccc5c4c(cc32)-c2ccccc2-5)c1. The lowest BCUT2D eigenvalue weighted by Crippen LogP contribution is -2.25. The fraction of sp³-hybridized carbons (Fsp3) is 0. The molecule has 7 aromatic carbocycles. The molecule has 8 aromatic rings. The van der Waals surface area contributed by atoms with E-state index in [9.17, 15) is 0 Å². The van der Waals surface area contributed by atoms with Gasteiger partial charge in [0.05, 0.1) is 0 Å². The lowest BCUT2D eigenvalue weighted by Gasteiger charge is -2.20. The summed E-state index contributed by atoms with van der Waals surface area (Å²) in [4.78, 5) is 0. The maximum atomic E-state index is 15.1. The van der Waals surface area contributed by atoms with Crippen LogP contribution in [0.25, 0.3) is 66.1 Å². The fourth-order valence-electron chi connectivity index (χ4n) is 6.94. The number of para-hydroxylation sites is 1. The smallest absolute Gasteiger partial charge is 0.171 e. The van der Waals surface area contributed by atoms with E-state index in [1.807, 2.05) is 72.8 Å². The van der Waals surface area contributed by atoms with Crippen molar-refractivity contribution in [1.82, 2.24) is 0 Å². The molecule has 202 valence electrons. The standard InChI is InChI=1S/C40H25O2P/c41-43(27-13-3-1-4-14-27,28-15-5-2-6-16-28)29-17-9-12-26(24-29)30-20-10-22-34-37-25-36-32-19-8-7-18-31(32)33-21-11-23-35(38(33)36)40(37)42-39(30)34/h1-25H. The summed E-state index contributed by atoms with van der Waals surface area (Å²) in [5.74, 6) is 0. The lowest BCUT2D eigenvalue weighted by molar-refractivity contribution is 0.592. The molecule has 0 atom stereocenters. The Morgan fingerprint density at radius 3 is 1.67 bits per heavy atom. The predicted octanol–water partition coefficient (Wildman–Crippen LogP) is 9.69. The Hall–Kier alpha value is -5.17. The van der Waals surface area contributed by atoms with Crippen molar-refractivity contribution < 1.29 is 8.98 Å². The molecule has 0 spiro atoms. The minimum absolute atomic E-state index is 0.805. The van der Waals surface area contributed by atoms with E-state index in [2.05, 4.69) is 78.9 Å². The summed E-state index contributed by atoms with van der Waals surface area (Å²) in [7, 11) is -3.11. The molecule has 0 unspecified atom stereocenters. The zero-order chi connectivity index (χ0) is 28.5. The Labute approximate surface area is 249 Å². The molecule has 0 saturated carbocycles. The van der Waals surface area contributed by atoms with Crippen LogP contribution in [0.3, 0.4) is 0 Å². The van der Waals surface area contributed by atoms with Gasteiger partial charge >= 0.3 is 0 Å². The van der Waals surface area contributed by atoms with Crippen LogP contribution in [0, 0.1) is 0 Å². The van der Waals surface area contributed by atoms with Gasteiger partial charge in [-0.1, -0.05) is 140 Å². The number of furan rings is 1. The Bertz CT molecular complexity index is 2380. The number of rotatable bonds is 4. The van der Waals surface area contributed by atoms with Gasteiger partial charge in [0.1, 0.15) is 11.2 Å². The van der Waals surface area contributed by atoms with Crippen molar-refractivity contribution in [3.8, 4) is 33.4 Å². The van der Waals surface area contributed by atoms with Gasteiger partial charge in [0, 0.05) is 43.0 Å². The topological polar surface area (TPSA) is 30.2 Å². The van der Waals surface area contributed by atoms with Crippen molar-refractivity contribution in [2.24, 2.45) is 0 Å². The molecule has 3 heteroatoms. The molecule has 0 aliphatic heterocycles. The molecule has 1 heterocycles. The maximum absolute atomic E-state index is 15.1. The first-order valence-electron chi connectivity index (χ1n) is 14.5. The maximum Gasteiger partial charge on any atom is 0.171 e. The van der Waals surface area contributed by atoms with Gasteiger partial charge in [-0.3, -0.25) is 0 Å². The lowest BCUT2D eigenvalue weighted by atomic mass is 9.98. The number of hydrogen-bond acceptors (Lipinski definition) is 2. The minimum atomic E-state index is -3.11. The zero-order valence-electron chi connectivity index (χ0n) is 23.2. The molecular weight excluding hydrogens is 543 g/mol. The van der Waals surface area contributed by atoms with Crippen molar-refractivity contribution in [2.45, 2.75) is 0 Å². The summed E-state index contributed by atoms with van der Waals surface area (Å²) < 4.78 is 21.9. The van der Waals surface area contributed by atoms with Crippen LogP contribution >= 0.6 is 7.14 Å². The van der Waals surface area contributed by atoms with Gasteiger partial charge in [0.25, 0.3) is 0 Å². The molecule has 0 N–H and O–H groups in total. The third-order valence-electron chi connectivity index (χ3n) is 8.89. The molecule has 1 aliphatic carbocycles. The molecule has 2 nitrogen and oxygen atoms in total. The minimum Gasteiger partial charge on any atom is -0.455 e. The van der Waals surface area contributed by atoms with Gasteiger partial charge in [0.15, 0.2) is 7.14 Å². The summed E-state index contributed by atoms with van der Waals surface area (Å²) in [5, 5.41) is 7.04. The summed E-state index contributed by atoms with van der Waals surface area (Å²) in [6.07, 6.45) is 0. The molecule has 43 heavy (non-hydrogen) atoms. The van der Waals surface area contributed by atoms with Crippen molar-refractivity contribution in [1.29, 1.82) is 0 Å². The Balaban J connectivity index is 1.28. The first kappa shape index (κ1) is 24.4. The molecule has 1 aromatic heterocycles. The van der Waals surface area contributed by atoms with Gasteiger partial charge in [-0.2, -0.15) is 0 Å². The van der Waals surface area contributed by atoms with Crippen LogP contribution in [-0.2, 0) is 4.57 Å². The summed E-state index contributed by atoms with van der Waals surface area (Å²) >= 11 is 0. The van der Waals surface area contributed by atoms with E-state index in [-0.39, 0.29) is 0 Å². The van der Waals surface area contributed by atoms with Gasteiger partial charge in [-0.25, -0.2) is 0 Å². The summed E-state index contributed by atoms with van der Waals surface area (Å²) in [6, 6.07) is 51.7. The van der Waals surface area contributed by atoms with Crippen LogP contribution in [0.2, 0.25) is 0 Å². The quantitative estimate of drug-likeness (QED) is 0.198. The first-order valence-corrected chi connectivity index (χ1v) is 16.3. The van der Waals surface area contributed by atoms with Gasteiger partial charge in [0.2, 0.25) is 0 Å². The van der Waals surface area contributed by atoms with Crippen molar-refractivity contribution in [3.63, 3.8) is 0 Å². The monoisotopic (exact) mass is 568 g/mol. The molecule has 1 aliphatic rings. The third-order valence-corrected chi connectivity index (χ3v) is 11.9. The molecule has 9 rings (SSSR count). The van der Waals surface area contributed by atoms with E-state index in [1.165, 1.54) is 27.6 Å². The highest BCUT2D eigenvalue weighted by Gasteiger charge is 2.30. The predicted molar refractivity (Wildman–Crippen MR) is 180 cm³/mol. The summed E-state index contributed by atoms with van der Waals surface area (Å²) in [6.45, 7) is 0. The van der Waals surface area contributed by atoms with Crippen molar-refractivity contribution >= 4 is 55.8 Å². The van der Waals surface area contributed by atoms with Crippen LogP contribution < -0.4 is 15.9 Å². The Morgan fingerprint density at radius 2 is 0.953 bits per heavy atom. The molecule has 0 saturated heterocycles. The van der Waals surface area contributed by atoms with Crippen molar-refractivity contribution in [2.75, 3.05) is 0 Å². The van der Waals surface area contributed by atoms with E-state index in [0.29, 0.717) is 0 Å². The van der Waals surface area contributed by atoms with E-state index in [1.54, 1.807) is 0 Å². The molecule has 0 radical (unpaired) electrons. The average molecular weight is 569 g/mol. The van der Waals surface area contributed by atoms with Gasteiger partial charge < -0.3 is 8.98 Å². The van der Waals surface area contributed by atoms with E-state index in [0.717, 1.165) is 54.4 Å². The number of fused-ring (bicyclic) bond motifs is 7. The average Bonchev–Trinajstić information content (AvgIpc) is 3.62. The molecule has 0 fully saturated rings. The van der Waals surface area contributed by atoms with Crippen LogP contribution in [0.1, 0.15) is 0 Å². The second-order valence-electron chi connectivity index (χ2n) is 11.2. The Morgan fingerprint density at radius 1 is 0.395 bits per heavy atom. The second kappa shape index (κ2) is 9.16. The zero-order valence-corrected chi connectivity index (χ0v) is 24.1. The highest BCUT2D eigenvalue weighted by atomic mass is 31.2. The van der Waals surface area contributed by atoms with Crippen LogP contribution in [0.15, 0.2) is 156 Å². The first-order chi connectivity index (χ1) is 21.2. The molecular formula is C40H25O2P. The number of benzene rings is 7. The van der Waals surface area contributed by atoms with Crippen molar-refractivity contribution in [3.05, 3.63) is 152 Å².